The van der Waals surface area contributed by atoms with Crippen molar-refractivity contribution in [2.24, 2.45) is 0 Å². The van der Waals surface area contributed by atoms with Crippen molar-refractivity contribution in [3.05, 3.63) is 24.3 Å². The molecule has 0 aliphatic carbocycles. The lowest BCUT2D eigenvalue weighted by atomic mass is 9.99. The Labute approximate surface area is 277 Å². The molecule has 0 aromatic carbocycles. The molecule has 10 nitrogen and oxygen atoms in total. The lowest BCUT2D eigenvalue weighted by Crippen LogP contribution is -2.59. The van der Waals surface area contributed by atoms with Crippen molar-refractivity contribution in [3.8, 4) is 0 Å². The van der Waals surface area contributed by atoms with Crippen LogP contribution in [-0.2, 0) is 28.5 Å². The third kappa shape index (κ3) is 20.4. The Hall–Kier alpha value is -1.82. The predicted molar refractivity (Wildman–Crippen MR) is 178 cm³/mol. The van der Waals surface area contributed by atoms with E-state index in [9.17, 15) is 30.0 Å². The molecule has 6 atom stereocenters. The first-order valence-corrected chi connectivity index (χ1v) is 17.9. The van der Waals surface area contributed by atoms with Gasteiger partial charge in [-0.3, -0.25) is 9.59 Å². The Morgan fingerprint density at radius 2 is 1.20 bits per heavy atom. The summed E-state index contributed by atoms with van der Waals surface area (Å²) < 4.78 is 21.9. The van der Waals surface area contributed by atoms with Gasteiger partial charge in [-0.05, 0) is 51.4 Å². The zero-order valence-corrected chi connectivity index (χ0v) is 28.6. The Morgan fingerprint density at radius 1 is 0.652 bits per heavy atom. The zero-order valence-electron chi connectivity index (χ0n) is 28.6. The van der Waals surface area contributed by atoms with Crippen LogP contribution < -0.4 is 0 Å². The summed E-state index contributed by atoms with van der Waals surface area (Å²) in [5, 5.41) is 39.8. The number of allylic oxidation sites excluding steroid dienone is 4. The second kappa shape index (κ2) is 28.2. The molecular formula is C36H64O10. The highest BCUT2D eigenvalue weighted by Crippen LogP contribution is 2.22. The van der Waals surface area contributed by atoms with Crippen LogP contribution in [0.4, 0.5) is 0 Å². The fourth-order valence-electron chi connectivity index (χ4n) is 5.11. The molecule has 1 aliphatic rings. The van der Waals surface area contributed by atoms with Crippen LogP contribution in [0.25, 0.3) is 0 Å². The van der Waals surface area contributed by atoms with Crippen LogP contribution in [0.1, 0.15) is 136 Å². The number of aliphatic hydroxyl groups is 4. The molecule has 1 saturated heterocycles. The molecule has 0 saturated carbocycles. The van der Waals surface area contributed by atoms with E-state index in [1.54, 1.807) is 0 Å². The quantitative estimate of drug-likeness (QED) is 0.0460. The van der Waals surface area contributed by atoms with Crippen molar-refractivity contribution in [1.29, 1.82) is 0 Å². The molecule has 1 heterocycles. The number of aliphatic hydroxyl groups excluding tert-OH is 4. The summed E-state index contributed by atoms with van der Waals surface area (Å²) in [7, 11) is 0. The molecule has 268 valence electrons. The maximum absolute atomic E-state index is 12.6. The third-order valence-corrected chi connectivity index (χ3v) is 8.04. The van der Waals surface area contributed by atoms with Crippen molar-refractivity contribution in [2.75, 3.05) is 19.8 Å². The van der Waals surface area contributed by atoms with E-state index in [0.717, 1.165) is 77.0 Å². The number of rotatable bonds is 28. The lowest BCUT2D eigenvalue weighted by molar-refractivity contribution is -0.305. The molecule has 1 aliphatic heterocycles. The second-order valence-electron chi connectivity index (χ2n) is 12.3. The van der Waals surface area contributed by atoms with Gasteiger partial charge in [0.2, 0.25) is 0 Å². The molecule has 0 bridgehead atoms. The molecule has 46 heavy (non-hydrogen) atoms. The van der Waals surface area contributed by atoms with E-state index < -0.39 is 55.4 Å². The number of carbonyl (C=O) groups excluding carboxylic acids is 2. The van der Waals surface area contributed by atoms with Gasteiger partial charge in [-0.1, -0.05) is 95.9 Å². The van der Waals surface area contributed by atoms with E-state index >= 15 is 0 Å². The summed E-state index contributed by atoms with van der Waals surface area (Å²) >= 11 is 0. The summed E-state index contributed by atoms with van der Waals surface area (Å²) in [6.07, 6.45) is 19.2. The number of esters is 2. The Morgan fingerprint density at radius 3 is 1.78 bits per heavy atom. The van der Waals surface area contributed by atoms with Gasteiger partial charge >= 0.3 is 11.9 Å². The Balaban J connectivity index is 2.45. The number of hydrogen-bond acceptors (Lipinski definition) is 10. The van der Waals surface area contributed by atoms with E-state index in [4.69, 9.17) is 18.9 Å². The van der Waals surface area contributed by atoms with Crippen molar-refractivity contribution < 1.29 is 49.0 Å². The summed E-state index contributed by atoms with van der Waals surface area (Å²) in [5.74, 6) is -0.835. The highest BCUT2D eigenvalue weighted by atomic mass is 16.7. The predicted octanol–water partition coefficient (Wildman–Crippen LogP) is 5.82. The highest BCUT2D eigenvalue weighted by molar-refractivity contribution is 5.70. The first-order valence-electron chi connectivity index (χ1n) is 17.9. The van der Waals surface area contributed by atoms with Crippen LogP contribution in [0, 0.1) is 0 Å². The van der Waals surface area contributed by atoms with E-state index in [1.165, 1.54) is 19.3 Å². The number of ether oxygens (including phenoxy) is 4. The average Bonchev–Trinajstić information content (AvgIpc) is 3.05. The van der Waals surface area contributed by atoms with Crippen LogP contribution in [0.15, 0.2) is 24.3 Å². The van der Waals surface area contributed by atoms with Gasteiger partial charge in [-0.2, -0.15) is 0 Å². The number of carbonyl (C=O) groups is 2. The maximum atomic E-state index is 12.6. The molecule has 10 heteroatoms. The van der Waals surface area contributed by atoms with Crippen LogP contribution in [0.3, 0.4) is 0 Å². The van der Waals surface area contributed by atoms with E-state index in [1.807, 2.05) is 0 Å². The van der Waals surface area contributed by atoms with E-state index in [2.05, 4.69) is 38.2 Å². The van der Waals surface area contributed by atoms with Crippen molar-refractivity contribution in [3.63, 3.8) is 0 Å². The number of unbranched alkanes of at least 4 members (excludes halogenated alkanes) is 13. The SMILES string of the molecule is CCC/C=C\CCCCCCCC(=O)OCC(COC1OC(CO)C(O)C(O)C1O)OC(=O)CCCCCCC/C=C\CCCC. The van der Waals surface area contributed by atoms with Crippen molar-refractivity contribution in [1.82, 2.24) is 0 Å². The minimum atomic E-state index is -1.59. The maximum Gasteiger partial charge on any atom is 0.306 e. The van der Waals surface area contributed by atoms with Gasteiger partial charge in [0.25, 0.3) is 0 Å². The van der Waals surface area contributed by atoms with Gasteiger partial charge in [-0.15, -0.1) is 0 Å². The molecule has 0 spiro atoms. The summed E-state index contributed by atoms with van der Waals surface area (Å²) in [5.41, 5.74) is 0. The number of hydrogen-bond donors (Lipinski definition) is 4. The molecular weight excluding hydrogens is 592 g/mol. The van der Waals surface area contributed by atoms with Crippen LogP contribution in [-0.4, -0.2) is 89.0 Å². The smallest absolute Gasteiger partial charge is 0.306 e. The van der Waals surface area contributed by atoms with Gasteiger partial charge in [0.1, 0.15) is 31.0 Å². The first kappa shape index (κ1) is 42.2. The molecule has 0 aromatic rings. The summed E-state index contributed by atoms with van der Waals surface area (Å²) in [6, 6.07) is 0. The molecule has 0 amide bonds. The van der Waals surface area contributed by atoms with Gasteiger partial charge in [0, 0.05) is 12.8 Å². The Kier molecular flexibility index (Phi) is 25.9. The Bertz CT molecular complexity index is 815. The third-order valence-electron chi connectivity index (χ3n) is 8.04. The van der Waals surface area contributed by atoms with Gasteiger partial charge in [0.15, 0.2) is 12.4 Å². The molecule has 1 fully saturated rings. The fourth-order valence-corrected chi connectivity index (χ4v) is 5.11. The largest absolute Gasteiger partial charge is 0.462 e. The zero-order chi connectivity index (χ0) is 33.8. The standard InChI is InChI=1S/C36H64O10/c1-3-5-7-9-11-13-15-17-19-21-23-25-32(39)45-29(28-44-36-35(42)34(41)33(40)30(26-37)46-36)27-43-31(38)24-22-20-18-16-14-12-10-8-6-4-2/h8-11,29-30,33-37,40-42H,3-7,12-28H2,1-2H3/b10-8-,11-9-. The van der Waals surface area contributed by atoms with Crippen LogP contribution in [0.5, 0.6) is 0 Å². The topological polar surface area (TPSA) is 152 Å². The second-order valence-corrected chi connectivity index (χ2v) is 12.3. The molecule has 0 radical (unpaired) electrons. The minimum absolute atomic E-state index is 0.218. The normalized spacial score (nSPS) is 22.4. The molecule has 4 N–H and O–H groups in total. The molecule has 6 unspecified atom stereocenters. The summed E-state index contributed by atoms with van der Waals surface area (Å²) in [6.45, 7) is 3.26. The van der Waals surface area contributed by atoms with Crippen molar-refractivity contribution in [2.45, 2.75) is 173 Å². The lowest BCUT2D eigenvalue weighted by Gasteiger charge is -2.39. The minimum Gasteiger partial charge on any atom is -0.462 e. The van der Waals surface area contributed by atoms with Gasteiger partial charge < -0.3 is 39.4 Å². The van der Waals surface area contributed by atoms with E-state index in [0.29, 0.717) is 12.8 Å². The summed E-state index contributed by atoms with van der Waals surface area (Å²) in [4.78, 5) is 25.0. The van der Waals surface area contributed by atoms with Gasteiger partial charge in [0.05, 0.1) is 13.2 Å². The highest BCUT2D eigenvalue weighted by Gasteiger charge is 2.44. The van der Waals surface area contributed by atoms with Crippen LogP contribution in [0.2, 0.25) is 0 Å². The van der Waals surface area contributed by atoms with Crippen LogP contribution >= 0.6 is 0 Å². The molecule has 0 aromatic heterocycles. The van der Waals surface area contributed by atoms with Gasteiger partial charge in [-0.25, -0.2) is 0 Å². The molecule has 1 rings (SSSR count). The van der Waals surface area contributed by atoms with E-state index in [-0.39, 0.29) is 26.1 Å². The first-order chi connectivity index (χ1) is 22.3. The average molecular weight is 657 g/mol. The fraction of sp³-hybridized carbons (Fsp3) is 0.833. The van der Waals surface area contributed by atoms with Crippen molar-refractivity contribution >= 4 is 11.9 Å². The monoisotopic (exact) mass is 656 g/mol.